The summed E-state index contributed by atoms with van der Waals surface area (Å²) in [6.45, 7) is 0.832. The van der Waals surface area contributed by atoms with Crippen LogP contribution in [0.15, 0.2) is 12.1 Å². The molecule has 3 nitrogen and oxygen atoms in total. The Kier molecular flexibility index (Phi) is 2.29. The number of fused-ring (bicyclic) bond motifs is 1. The zero-order valence-corrected chi connectivity index (χ0v) is 9.01. The molecule has 1 heterocycles. The van der Waals surface area contributed by atoms with Gasteiger partial charge in [0, 0.05) is 25.3 Å². The third-order valence-corrected chi connectivity index (χ3v) is 2.88. The van der Waals surface area contributed by atoms with E-state index in [1.165, 1.54) is 0 Å². The maximum Gasteiger partial charge on any atom is 0.137 e. The first-order chi connectivity index (χ1) is 6.63. The van der Waals surface area contributed by atoms with Gasteiger partial charge in [0.1, 0.15) is 5.75 Å². The molecule has 0 radical (unpaired) electrons. The summed E-state index contributed by atoms with van der Waals surface area (Å²) in [4.78, 5) is 2.10. The van der Waals surface area contributed by atoms with Gasteiger partial charge in [0.25, 0.3) is 0 Å². The van der Waals surface area contributed by atoms with Crippen LogP contribution < -0.4 is 15.4 Å². The van der Waals surface area contributed by atoms with Crippen molar-refractivity contribution in [2.75, 3.05) is 25.6 Å². The van der Waals surface area contributed by atoms with Crippen LogP contribution >= 0.6 is 11.6 Å². The molecule has 0 amide bonds. The number of rotatable bonds is 1. The molecule has 1 aliphatic heterocycles. The minimum absolute atomic E-state index is 0.0566. The molecule has 14 heavy (non-hydrogen) atoms. The summed E-state index contributed by atoms with van der Waals surface area (Å²) >= 11 is 6.03. The zero-order valence-electron chi connectivity index (χ0n) is 8.25. The van der Waals surface area contributed by atoms with Crippen molar-refractivity contribution >= 4 is 17.3 Å². The predicted octanol–water partition coefficient (Wildman–Crippen LogP) is 1.80. The summed E-state index contributed by atoms with van der Waals surface area (Å²) in [5, 5.41) is 0.632. The van der Waals surface area contributed by atoms with Crippen molar-refractivity contribution in [1.82, 2.24) is 0 Å². The van der Waals surface area contributed by atoms with Gasteiger partial charge >= 0.3 is 0 Å². The summed E-state index contributed by atoms with van der Waals surface area (Å²) in [5.41, 5.74) is 8.18. The van der Waals surface area contributed by atoms with Crippen LogP contribution in [0.1, 0.15) is 11.6 Å². The van der Waals surface area contributed by atoms with Gasteiger partial charge in [-0.1, -0.05) is 11.6 Å². The van der Waals surface area contributed by atoms with Crippen molar-refractivity contribution in [3.05, 3.63) is 22.7 Å². The minimum atomic E-state index is 0.0566. The molecule has 1 aliphatic rings. The van der Waals surface area contributed by atoms with E-state index in [9.17, 15) is 0 Å². The topological polar surface area (TPSA) is 38.5 Å². The highest BCUT2D eigenvalue weighted by Crippen LogP contribution is 2.39. The Morgan fingerprint density at radius 1 is 1.57 bits per heavy atom. The Balaban J connectivity index is 2.54. The number of benzene rings is 1. The predicted molar refractivity (Wildman–Crippen MR) is 58.2 cm³/mol. The van der Waals surface area contributed by atoms with Crippen molar-refractivity contribution in [2.45, 2.75) is 6.04 Å². The second kappa shape index (κ2) is 3.33. The van der Waals surface area contributed by atoms with Crippen molar-refractivity contribution in [2.24, 2.45) is 5.73 Å². The van der Waals surface area contributed by atoms with E-state index in [2.05, 4.69) is 4.90 Å². The standard InChI is InChI=1S/C10H13ClN2O/c1-13-5-8(12)6-3-10(14-2)7(11)4-9(6)13/h3-4,8H,5,12H2,1-2H3. The number of nitrogens with zero attached hydrogens (tertiary/aromatic N) is 1. The molecule has 2 rings (SSSR count). The third-order valence-electron chi connectivity index (χ3n) is 2.58. The monoisotopic (exact) mass is 212 g/mol. The number of ether oxygens (including phenoxy) is 1. The Morgan fingerprint density at radius 2 is 2.29 bits per heavy atom. The van der Waals surface area contributed by atoms with Crippen molar-refractivity contribution in [3.8, 4) is 5.75 Å². The van der Waals surface area contributed by atoms with E-state index in [1.54, 1.807) is 7.11 Å². The molecule has 4 heteroatoms. The summed E-state index contributed by atoms with van der Waals surface area (Å²) in [7, 11) is 3.62. The maximum absolute atomic E-state index is 6.03. The normalized spacial score (nSPS) is 19.7. The van der Waals surface area contributed by atoms with Crippen LogP contribution in [-0.2, 0) is 0 Å². The zero-order chi connectivity index (χ0) is 10.3. The minimum Gasteiger partial charge on any atom is -0.495 e. The van der Waals surface area contributed by atoms with E-state index >= 15 is 0 Å². The SMILES string of the molecule is COc1cc2c(cc1Cl)N(C)CC2N. The lowest BCUT2D eigenvalue weighted by Crippen LogP contribution is -2.19. The first-order valence-electron chi connectivity index (χ1n) is 4.47. The number of methoxy groups -OCH3 is 1. The molecular weight excluding hydrogens is 200 g/mol. The van der Waals surface area contributed by atoms with Gasteiger partial charge in [0.05, 0.1) is 12.1 Å². The molecule has 76 valence electrons. The molecule has 0 aliphatic carbocycles. The fraction of sp³-hybridized carbons (Fsp3) is 0.400. The van der Waals surface area contributed by atoms with Crippen molar-refractivity contribution in [3.63, 3.8) is 0 Å². The highest BCUT2D eigenvalue weighted by atomic mass is 35.5. The Labute approximate surface area is 88.4 Å². The second-order valence-electron chi connectivity index (χ2n) is 3.53. The number of nitrogens with two attached hydrogens (primary N) is 1. The van der Waals surface area contributed by atoms with E-state index < -0.39 is 0 Å². The fourth-order valence-electron chi connectivity index (χ4n) is 1.83. The molecule has 1 atom stereocenters. The highest BCUT2D eigenvalue weighted by molar-refractivity contribution is 6.32. The van der Waals surface area contributed by atoms with E-state index in [1.807, 2.05) is 19.2 Å². The second-order valence-corrected chi connectivity index (χ2v) is 3.94. The largest absolute Gasteiger partial charge is 0.495 e. The summed E-state index contributed by atoms with van der Waals surface area (Å²) < 4.78 is 5.15. The van der Waals surface area contributed by atoms with Crippen LogP contribution in [0, 0.1) is 0 Å². The van der Waals surface area contributed by atoms with Crippen LogP contribution in [-0.4, -0.2) is 20.7 Å². The third kappa shape index (κ3) is 1.33. The summed E-state index contributed by atoms with van der Waals surface area (Å²) in [5.74, 6) is 0.691. The highest BCUT2D eigenvalue weighted by Gasteiger charge is 2.24. The molecule has 1 aromatic rings. The Hall–Kier alpha value is -0.930. The number of halogens is 1. The molecule has 0 saturated carbocycles. The van der Waals surface area contributed by atoms with Gasteiger partial charge in [-0.15, -0.1) is 0 Å². The van der Waals surface area contributed by atoms with Crippen LogP contribution in [0.4, 0.5) is 5.69 Å². The van der Waals surface area contributed by atoms with Crippen molar-refractivity contribution in [1.29, 1.82) is 0 Å². The van der Waals surface area contributed by atoms with E-state index in [0.29, 0.717) is 10.8 Å². The van der Waals surface area contributed by atoms with Gasteiger partial charge in [-0.3, -0.25) is 0 Å². The molecule has 0 fully saturated rings. The van der Waals surface area contributed by atoms with Gasteiger partial charge in [-0.25, -0.2) is 0 Å². The van der Waals surface area contributed by atoms with Crippen LogP contribution in [0.2, 0.25) is 5.02 Å². The maximum atomic E-state index is 6.03. The van der Waals surface area contributed by atoms with Gasteiger partial charge < -0.3 is 15.4 Å². The number of likely N-dealkylation sites (N-methyl/N-ethyl adjacent to an activating group) is 1. The fourth-order valence-corrected chi connectivity index (χ4v) is 2.07. The van der Waals surface area contributed by atoms with Gasteiger partial charge in [-0.2, -0.15) is 0 Å². The lowest BCUT2D eigenvalue weighted by atomic mass is 10.1. The van der Waals surface area contributed by atoms with Crippen molar-refractivity contribution < 1.29 is 4.74 Å². The van der Waals surface area contributed by atoms with E-state index in [-0.39, 0.29) is 6.04 Å². The Bertz CT molecular complexity index is 367. The van der Waals surface area contributed by atoms with Crippen LogP contribution in [0.5, 0.6) is 5.75 Å². The molecule has 1 aromatic carbocycles. The molecule has 1 unspecified atom stereocenters. The first-order valence-corrected chi connectivity index (χ1v) is 4.85. The lowest BCUT2D eigenvalue weighted by molar-refractivity contribution is 0.414. The number of hydrogen-bond acceptors (Lipinski definition) is 3. The van der Waals surface area contributed by atoms with E-state index in [4.69, 9.17) is 22.1 Å². The average Bonchev–Trinajstić information content (AvgIpc) is 2.41. The smallest absolute Gasteiger partial charge is 0.137 e. The quantitative estimate of drug-likeness (QED) is 0.772. The Morgan fingerprint density at radius 3 is 2.93 bits per heavy atom. The summed E-state index contributed by atoms with van der Waals surface area (Å²) in [6.07, 6.45) is 0. The number of hydrogen-bond donors (Lipinski definition) is 1. The molecule has 0 bridgehead atoms. The number of anilines is 1. The molecule has 0 aromatic heterocycles. The lowest BCUT2D eigenvalue weighted by Gasteiger charge is -2.12. The summed E-state index contributed by atoms with van der Waals surface area (Å²) in [6, 6.07) is 3.88. The molecule has 0 saturated heterocycles. The van der Waals surface area contributed by atoms with Gasteiger partial charge in [0.15, 0.2) is 0 Å². The van der Waals surface area contributed by atoms with Gasteiger partial charge in [0.2, 0.25) is 0 Å². The van der Waals surface area contributed by atoms with Gasteiger partial charge in [-0.05, 0) is 17.7 Å². The molecular formula is C10H13ClN2O. The van der Waals surface area contributed by atoms with Crippen LogP contribution in [0.3, 0.4) is 0 Å². The first kappa shape index (κ1) is 9.62. The van der Waals surface area contributed by atoms with E-state index in [0.717, 1.165) is 17.8 Å². The molecule has 2 N–H and O–H groups in total. The average molecular weight is 213 g/mol. The molecule has 0 spiro atoms. The van der Waals surface area contributed by atoms with Crippen LogP contribution in [0.25, 0.3) is 0 Å².